The van der Waals surface area contributed by atoms with Gasteiger partial charge in [0.25, 0.3) is 0 Å². The van der Waals surface area contributed by atoms with Gasteiger partial charge in [0.05, 0.1) is 21.3 Å². The molecule has 0 radical (unpaired) electrons. The van der Waals surface area contributed by atoms with Crippen molar-refractivity contribution in [3.63, 3.8) is 0 Å². The highest BCUT2D eigenvalue weighted by Crippen LogP contribution is 2.38. The van der Waals surface area contributed by atoms with Crippen molar-refractivity contribution in [3.05, 3.63) is 47.5 Å². The largest absolute Gasteiger partial charge is 0.493 e. The maximum absolute atomic E-state index is 9.09. The van der Waals surface area contributed by atoms with Crippen LogP contribution in [0.2, 0.25) is 0 Å². The van der Waals surface area contributed by atoms with E-state index in [4.69, 9.17) is 24.3 Å². The second-order valence-corrected chi connectivity index (χ2v) is 4.83. The van der Waals surface area contributed by atoms with Gasteiger partial charge in [0, 0.05) is 0 Å². The smallest absolute Gasteiger partial charge is 0.488 e. The Labute approximate surface area is 135 Å². The summed E-state index contributed by atoms with van der Waals surface area (Å²) in [7, 11) is 3.25. The molecule has 0 aromatic heterocycles. The van der Waals surface area contributed by atoms with E-state index < -0.39 is 7.12 Å². The van der Waals surface area contributed by atoms with Crippen LogP contribution in [0.4, 0.5) is 0 Å². The van der Waals surface area contributed by atoms with Crippen LogP contribution in [0.15, 0.2) is 36.4 Å². The lowest BCUT2D eigenvalue weighted by molar-refractivity contribution is 0.324. The number of benzene rings is 2. The van der Waals surface area contributed by atoms with E-state index in [-0.39, 0.29) is 0 Å². The van der Waals surface area contributed by atoms with Crippen LogP contribution in [0.1, 0.15) is 11.1 Å². The first-order chi connectivity index (χ1) is 11.1. The van der Waals surface area contributed by atoms with E-state index >= 15 is 0 Å². The molecule has 0 atom stereocenters. The molecule has 2 aromatic carbocycles. The zero-order valence-corrected chi connectivity index (χ0v) is 13.3. The van der Waals surface area contributed by atoms with Crippen LogP contribution in [0.3, 0.4) is 0 Å². The van der Waals surface area contributed by atoms with E-state index in [1.54, 1.807) is 33.5 Å². The molecule has 0 unspecified atom stereocenters. The molecule has 0 aliphatic rings. The summed E-state index contributed by atoms with van der Waals surface area (Å²) in [6, 6.07) is 10.7. The van der Waals surface area contributed by atoms with Crippen LogP contribution >= 0.6 is 0 Å². The van der Waals surface area contributed by atoms with Crippen molar-refractivity contribution in [3.8, 4) is 17.2 Å². The Hall–Kier alpha value is -2.44. The highest BCUT2D eigenvalue weighted by molar-refractivity contribution is 6.58. The third-order valence-corrected chi connectivity index (χ3v) is 3.39. The van der Waals surface area contributed by atoms with Crippen LogP contribution in [0.5, 0.6) is 17.2 Å². The first kappa shape index (κ1) is 16.9. The normalized spacial score (nSPS) is 10.7. The van der Waals surface area contributed by atoms with Crippen molar-refractivity contribution in [1.82, 2.24) is 0 Å². The Morgan fingerprint density at radius 2 is 1.30 bits per heavy atom. The fraction of sp³-hybridized carbons (Fsp3) is 0.176. The van der Waals surface area contributed by atoms with Crippen molar-refractivity contribution in [2.75, 3.05) is 21.3 Å². The van der Waals surface area contributed by atoms with Gasteiger partial charge in [0.2, 0.25) is 5.75 Å². The number of methoxy groups -OCH3 is 3. The molecule has 0 spiro atoms. The number of rotatable bonds is 6. The number of hydrogen-bond donors (Lipinski definition) is 2. The van der Waals surface area contributed by atoms with E-state index in [0.717, 1.165) is 11.1 Å². The Balaban J connectivity index is 2.28. The van der Waals surface area contributed by atoms with Gasteiger partial charge in [-0.1, -0.05) is 36.4 Å². The van der Waals surface area contributed by atoms with Gasteiger partial charge in [0.1, 0.15) is 0 Å². The van der Waals surface area contributed by atoms with Gasteiger partial charge < -0.3 is 24.3 Å². The van der Waals surface area contributed by atoms with E-state index in [0.29, 0.717) is 22.7 Å². The topological polar surface area (TPSA) is 68.2 Å². The summed E-state index contributed by atoms with van der Waals surface area (Å²) in [6.07, 6.45) is 3.82. The number of hydrogen-bond acceptors (Lipinski definition) is 5. The van der Waals surface area contributed by atoms with E-state index in [2.05, 4.69) is 0 Å². The molecule has 0 aliphatic carbocycles. The molecule has 23 heavy (non-hydrogen) atoms. The first-order valence-electron chi connectivity index (χ1n) is 7.03. The van der Waals surface area contributed by atoms with Crippen LogP contribution < -0.4 is 19.7 Å². The molecular weight excluding hydrogens is 295 g/mol. The van der Waals surface area contributed by atoms with Gasteiger partial charge >= 0.3 is 7.12 Å². The summed E-state index contributed by atoms with van der Waals surface area (Å²) < 4.78 is 15.9. The quantitative estimate of drug-likeness (QED) is 0.626. The maximum atomic E-state index is 9.09. The molecule has 6 heteroatoms. The average Bonchev–Trinajstić information content (AvgIpc) is 2.59. The molecule has 0 saturated carbocycles. The third kappa shape index (κ3) is 4.06. The highest BCUT2D eigenvalue weighted by atomic mass is 16.5. The molecule has 0 amide bonds. The van der Waals surface area contributed by atoms with Crippen molar-refractivity contribution in [1.29, 1.82) is 0 Å². The molecule has 2 aromatic rings. The fourth-order valence-electron chi connectivity index (χ4n) is 2.17. The molecule has 0 heterocycles. The summed E-state index contributed by atoms with van der Waals surface area (Å²) in [5.41, 5.74) is 2.28. The zero-order chi connectivity index (χ0) is 16.8. The van der Waals surface area contributed by atoms with Crippen LogP contribution in [0, 0.1) is 0 Å². The minimum absolute atomic E-state index is 0.454. The lowest BCUT2D eigenvalue weighted by atomic mass is 9.80. The molecule has 120 valence electrons. The predicted molar refractivity (Wildman–Crippen MR) is 91.3 cm³/mol. The Kier molecular flexibility index (Phi) is 5.68. The SMILES string of the molecule is COc1cc(/C=C/c2ccc(B(O)O)cc2)cc(OC)c1OC. The summed E-state index contributed by atoms with van der Waals surface area (Å²) in [5, 5.41) is 18.2. The van der Waals surface area contributed by atoms with Crippen molar-refractivity contribution < 1.29 is 24.3 Å². The van der Waals surface area contributed by atoms with Gasteiger partial charge in [0.15, 0.2) is 11.5 Å². The summed E-state index contributed by atoms with van der Waals surface area (Å²) >= 11 is 0. The Bertz CT molecular complexity index is 655. The summed E-state index contributed by atoms with van der Waals surface area (Å²) in [5.74, 6) is 1.73. The molecule has 0 saturated heterocycles. The molecule has 0 bridgehead atoms. The predicted octanol–water partition coefficient (Wildman–Crippen LogP) is 1.56. The van der Waals surface area contributed by atoms with Crippen LogP contribution in [-0.4, -0.2) is 38.5 Å². The Morgan fingerprint density at radius 3 is 1.74 bits per heavy atom. The van der Waals surface area contributed by atoms with Gasteiger partial charge in [-0.05, 0) is 28.7 Å². The average molecular weight is 314 g/mol. The lowest BCUT2D eigenvalue weighted by Crippen LogP contribution is -2.29. The number of ether oxygens (including phenoxy) is 3. The summed E-state index contributed by atoms with van der Waals surface area (Å²) in [4.78, 5) is 0. The molecule has 2 rings (SSSR count). The standard InChI is InChI=1S/C17H19BO5/c1-21-15-10-13(11-16(22-2)17(15)23-3)5-4-12-6-8-14(9-7-12)18(19)20/h4-11,19-20H,1-3H3/b5-4+. The van der Waals surface area contributed by atoms with Gasteiger partial charge in [-0.15, -0.1) is 0 Å². The first-order valence-corrected chi connectivity index (χ1v) is 7.03. The molecule has 2 N–H and O–H groups in total. The van der Waals surface area contributed by atoms with Crippen LogP contribution in [0.25, 0.3) is 12.2 Å². The third-order valence-electron chi connectivity index (χ3n) is 3.39. The van der Waals surface area contributed by atoms with Crippen molar-refractivity contribution in [2.24, 2.45) is 0 Å². The van der Waals surface area contributed by atoms with Crippen molar-refractivity contribution >= 4 is 24.7 Å². The van der Waals surface area contributed by atoms with E-state index in [9.17, 15) is 0 Å². The Morgan fingerprint density at radius 1 is 0.783 bits per heavy atom. The van der Waals surface area contributed by atoms with E-state index in [1.165, 1.54) is 0 Å². The van der Waals surface area contributed by atoms with Crippen molar-refractivity contribution in [2.45, 2.75) is 0 Å². The fourth-order valence-corrected chi connectivity index (χ4v) is 2.17. The monoisotopic (exact) mass is 314 g/mol. The summed E-state index contributed by atoms with van der Waals surface area (Å²) in [6.45, 7) is 0. The second-order valence-electron chi connectivity index (χ2n) is 4.83. The van der Waals surface area contributed by atoms with Crippen LogP contribution in [-0.2, 0) is 0 Å². The zero-order valence-electron chi connectivity index (χ0n) is 13.3. The molecule has 0 aliphatic heterocycles. The maximum Gasteiger partial charge on any atom is 0.488 e. The second kappa shape index (κ2) is 7.71. The van der Waals surface area contributed by atoms with Gasteiger partial charge in [-0.3, -0.25) is 0 Å². The van der Waals surface area contributed by atoms with E-state index in [1.807, 2.05) is 36.4 Å². The van der Waals surface area contributed by atoms with Gasteiger partial charge in [-0.2, -0.15) is 0 Å². The highest BCUT2D eigenvalue weighted by Gasteiger charge is 2.12. The molecular formula is C17H19BO5. The molecule has 0 fully saturated rings. The molecule has 5 nitrogen and oxygen atoms in total. The van der Waals surface area contributed by atoms with Gasteiger partial charge in [-0.25, -0.2) is 0 Å². The minimum Gasteiger partial charge on any atom is -0.493 e. The lowest BCUT2D eigenvalue weighted by Gasteiger charge is -2.12. The minimum atomic E-state index is -1.46.